The molecule has 0 spiro atoms. The fourth-order valence-corrected chi connectivity index (χ4v) is 9.95. The molecule has 2 aliphatic heterocycles. The van der Waals surface area contributed by atoms with Gasteiger partial charge in [-0.25, -0.2) is 4.98 Å². The Labute approximate surface area is 419 Å². The lowest BCUT2D eigenvalue weighted by Crippen LogP contribution is -2.55. The van der Waals surface area contributed by atoms with E-state index in [1.807, 2.05) is 13.0 Å². The van der Waals surface area contributed by atoms with Crippen molar-refractivity contribution in [3.8, 4) is 17.6 Å². The van der Waals surface area contributed by atoms with E-state index in [0.717, 1.165) is 88.9 Å². The van der Waals surface area contributed by atoms with E-state index in [9.17, 15) is 14.4 Å². The molecule has 1 atom stereocenters. The summed E-state index contributed by atoms with van der Waals surface area (Å²) in [4.78, 5) is 54.7. The average molecular weight is 995 g/mol. The zero-order valence-corrected chi connectivity index (χ0v) is 41.5. The van der Waals surface area contributed by atoms with Crippen molar-refractivity contribution in [2.24, 2.45) is 0 Å². The third-order valence-electron chi connectivity index (χ3n) is 13.6. The van der Waals surface area contributed by atoms with Crippen LogP contribution in [0.25, 0.3) is 0 Å². The van der Waals surface area contributed by atoms with E-state index in [2.05, 4.69) is 47.0 Å². The molecule has 71 heavy (non-hydrogen) atoms. The van der Waals surface area contributed by atoms with Crippen LogP contribution in [0.15, 0.2) is 54.7 Å². The van der Waals surface area contributed by atoms with Crippen LogP contribution in [0, 0.1) is 11.3 Å². The van der Waals surface area contributed by atoms with Crippen LogP contribution in [0.5, 0.6) is 11.5 Å². The minimum atomic E-state index is -0.270. The van der Waals surface area contributed by atoms with Crippen LogP contribution < -0.4 is 40.1 Å². The van der Waals surface area contributed by atoms with E-state index in [-0.39, 0.29) is 53.7 Å². The molecule has 378 valence electrons. The second kappa shape index (κ2) is 24.7. The van der Waals surface area contributed by atoms with Crippen LogP contribution in [0.2, 0.25) is 5.02 Å². The number of nitriles is 1. The van der Waals surface area contributed by atoms with E-state index in [1.54, 1.807) is 67.7 Å². The number of ether oxygens (including phenoxy) is 5. The van der Waals surface area contributed by atoms with Crippen molar-refractivity contribution in [3.05, 3.63) is 76.6 Å². The summed E-state index contributed by atoms with van der Waals surface area (Å²) in [5, 5.41) is 27.3. The molecular weight excluding hydrogens is 930 g/mol. The van der Waals surface area contributed by atoms with E-state index >= 15 is 0 Å². The Morgan fingerprint density at radius 2 is 1.63 bits per heavy atom. The first-order valence-corrected chi connectivity index (χ1v) is 25.2. The number of rotatable bonds is 21. The van der Waals surface area contributed by atoms with E-state index < -0.39 is 0 Å². The van der Waals surface area contributed by atoms with Gasteiger partial charge in [-0.1, -0.05) is 31.4 Å². The quantitative estimate of drug-likeness (QED) is 0.0748. The first kappa shape index (κ1) is 51.0. The molecule has 0 unspecified atom stereocenters. The standard InChI is InChI=1S/C51H64ClN11O8/c1-4-43-50(66)61(2)44-32-55-51(58-47(44)63(43)36-7-5-6-8-36)57-41-16-10-33(29-45(41)67-3)48(64)54-21-24-68-25-26-69-27-28-70-37-19-22-62(23-20-37)46-18-17-42(59-60-46)49(65)56-35-11-14-38(15-12-35)71-39-13-9-34(31-53)40(52)30-39/h9-10,13,16-18,29-30,32,35-38,43H,4-8,11-12,14-15,19-28H2,1-3H3,(H,54,64)(H,56,65)(H,55,57,58)/t35?,38?,43-/m1/s1. The van der Waals surface area contributed by atoms with Gasteiger partial charge in [-0.15, -0.1) is 10.2 Å². The highest BCUT2D eigenvalue weighted by Crippen LogP contribution is 2.40. The fourth-order valence-electron chi connectivity index (χ4n) is 9.74. The van der Waals surface area contributed by atoms with E-state index in [1.165, 1.54) is 0 Å². The summed E-state index contributed by atoms with van der Waals surface area (Å²) < 4.78 is 29.2. The molecule has 0 radical (unpaired) electrons. The summed E-state index contributed by atoms with van der Waals surface area (Å²) >= 11 is 6.15. The number of likely N-dealkylation sites (N-methyl/N-ethyl adjacent to an activating group) is 1. The molecule has 2 aliphatic carbocycles. The zero-order valence-electron chi connectivity index (χ0n) is 40.7. The fraction of sp³-hybridized carbons (Fsp3) is 0.529. The van der Waals surface area contributed by atoms with Gasteiger partial charge in [-0.05, 0) is 100 Å². The maximum Gasteiger partial charge on any atom is 0.272 e. The van der Waals surface area contributed by atoms with Crippen LogP contribution >= 0.6 is 11.6 Å². The number of aromatic nitrogens is 4. The van der Waals surface area contributed by atoms with E-state index in [4.69, 9.17) is 45.5 Å². The molecule has 3 fully saturated rings. The second-order valence-corrected chi connectivity index (χ2v) is 18.6. The summed E-state index contributed by atoms with van der Waals surface area (Å²) in [6.45, 7) is 5.92. The Morgan fingerprint density at radius 1 is 0.873 bits per heavy atom. The largest absolute Gasteiger partial charge is 0.495 e. The number of nitrogens with zero attached hydrogens (tertiary/aromatic N) is 8. The highest BCUT2D eigenvalue weighted by molar-refractivity contribution is 6.31. The third kappa shape index (κ3) is 13.0. The van der Waals surface area contributed by atoms with Gasteiger partial charge in [0.05, 0.1) is 74.8 Å². The van der Waals surface area contributed by atoms with Crippen LogP contribution in [0.1, 0.15) is 104 Å². The Kier molecular flexibility index (Phi) is 17.7. The number of nitrogens with one attached hydrogen (secondary N) is 3. The van der Waals surface area contributed by atoms with Crippen molar-refractivity contribution in [2.45, 2.75) is 108 Å². The third-order valence-corrected chi connectivity index (χ3v) is 13.9. The molecule has 4 aliphatic rings. The van der Waals surface area contributed by atoms with Crippen molar-refractivity contribution < 1.29 is 38.1 Å². The Morgan fingerprint density at radius 3 is 2.34 bits per heavy atom. The van der Waals surface area contributed by atoms with Crippen molar-refractivity contribution in [1.82, 2.24) is 30.8 Å². The van der Waals surface area contributed by atoms with Gasteiger partial charge >= 0.3 is 0 Å². The van der Waals surface area contributed by atoms with E-state index in [0.29, 0.717) is 91.0 Å². The number of methoxy groups -OCH3 is 1. The van der Waals surface area contributed by atoms with Gasteiger partial charge in [0.1, 0.15) is 29.3 Å². The average Bonchev–Trinajstić information content (AvgIpc) is 3.93. The molecule has 2 aromatic heterocycles. The molecule has 3 amide bonds. The number of carbonyl (C=O) groups is 3. The lowest BCUT2D eigenvalue weighted by molar-refractivity contribution is -0.120. The predicted molar refractivity (Wildman–Crippen MR) is 268 cm³/mol. The molecule has 2 saturated carbocycles. The topological polar surface area (TPSA) is 219 Å². The SMILES string of the molecule is CC[C@@H]1C(=O)N(C)c2cnc(Nc3ccc(C(=O)NCCOCCOCCOC4CCN(c5ccc(C(=O)NC6CCC(Oc7ccc(C#N)c(Cl)c7)CC6)nn5)CC4)cc3OC)nc2N1C1CCCC1. The van der Waals surface area contributed by atoms with Crippen LogP contribution in [0.4, 0.5) is 29.0 Å². The van der Waals surface area contributed by atoms with Gasteiger partial charge in [0, 0.05) is 50.4 Å². The number of halogens is 1. The molecule has 4 heterocycles. The number of piperidine rings is 1. The Balaban J connectivity index is 0.668. The number of fused-ring (bicyclic) bond motifs is 1. The number of anilines is 5. The number of benzene rings is 2. The molecule has 2 aromatic carbocycles. The second-order valence-electron chi connectivity index (χ2n) is 18.2. The molecule has 4 aromatic rings. The number of amides is 3. The molecule has 19 nitrogen and oxygen atoms in total. The zero-order chi connectivity index (χ0) is 49.7. The van der Waals surface area contributed by atoms with Gasteiger partial charge in [0.2, 0.25) is 11.9 Å². The van der Waals surface area contributed by atoms with Gasteiger partial charge in [0.25, 0.3) is 11.8 Å². The maximum absolute atomic E-state index is 13.3. The van der Waals surface area contributed by atoms with Crippen molar-refractivity contribution in [3.63, 3.8) is 0 Å². The molecule has 3 N–H and O–H groups in total. The minimum absolute atomic E-state index is 0.0155. The van der Waals surface area contributed by atoms with Gasteiger partial charge in [0.15, 0.2) is 17.3 Å². The van der Waals surface area contributed by atoms with Crippen molar-refractivity contribution in [1.29, 1.82) is 5.26 Å². The highest BCUT2D eigenvalue weighted by Gasteiger charge is 2.41. The van der Waals surface area contributed by atoms with Crippen LogP contribution in [0.3, 0.4) is 0 Å². The summed E-state index contributed by atoms with van der Waals surface area (Å²) in [6.07, 6.45) is 11.6. The summed E-state index contributed by atoms with van der Waals surface area (Å²) in [5.74, 6) is 2.51. The molecule has 0 bridgehead atoms. The van der Waals surface area contributed by atoms with Gasteiger partial charge < -0.3 is 54.3 Å². The number of hydrogen-bond donors (Lipinski definition) is 3. The highest BCUT2D eigenvalue weighted by atomic mass is 35.5. The first-order valence-electron chi connectivity index (χ1n) is 24.8. The smallest absolute Gasteiger partial charge is 0.272 e. The first-order chi connectivity index (χ1) is 34.6. The van der Waals surface area contributed by atoms with Crippen LogP contribution in [-0.2, 0) is 19.0 Å². The lowest BCUT2D eigenvalue weighted by Gasteiger charge is -2.43. The molecule has 8 rings (SSSR count). The Hall–Kier alpha value is -6.33. The summed E-state index contributed by atoms with van der Waals surface area (Å²) in [7, 11) is 3.32. The number of hydrogen-bond acceptors (Lipinski definition) is 16. The maximum atomic E-state index is 13.3. The minimum Gasteiger partial charge on any atom is -0.495 e. The molecule has 20 heteroatoms. The summed E-state index contributed by atoms with van der Waals surface area (Å²) in [6, 6.07) is 15.9. The Bertz CT molecular complexity index is 2490. The van der Waals surface area contributed by atoms with Crippen LogP contribution in [-0.4, -0.2) is 135 Å². The lowest BCUT2D eigenvalue weighted by atomic mass is 9.93. The van der Waals surface area contributed by atoms with Crippen molar-refractivity contribution in [2.75, 3.05) is 86.8 Å². The van der Waals surface area contributed by atoms with Gasteiger partial charge in [-0.3, -0.25) is 14.4 Å². The normalized spacial score (nSPS) is 19.5. The van der Waals surface area contributed by atoms with Crippen molar-refractivity contribution >= 4 is 58.3 Å². The summed E-state index contributed by atoms with van der Waals surface area (Å²) in [5.41, 5.74) is 2.43. The predicted octanol–water partition coefficient (Wildman–Crippen LogP) is 6.62. The number of carbonyl (C=O) groups excluding carboxylic acids is 3. The molecule has 1 saturated heterocycles. The van der Waals surface area contributed by atoms with Gasteiger partial charge in [-0.2, -0.15) is 10.2 Å². The molecular formula is C51H64ClN11O8. The monoisotopic (exact) mass is 993 g/mol.